The zero-order chi connectivity index (χ0) is 22.4. The maximum Gasteiger partial charge on any atom is 0.231 e. The van der Waals surface area contributed by atoms with Gasteiger partial charge >= 0.3 is 0 Å². The van der Waals surface area contributed by atoms with Gasteiger partial charge in [-0.25, -0.2) is 14.4 Å². The fraction of sp³-hybridized carbons (Fsp3) is 0.333. The summed E-state index contributed by atoms with van der Waals surface area (Å²) >= 11 is 0. The molecule has 7 nitrogen and oxygen atoms in total. The molecule has 4 heterocycles. The molecule has 0 aromatic carbocycles. The van der Waals surface area contributed by atoms with Gasteiger partial charge in [0.1, 0.15) is 17.6 Å². The van der Waals surface area contributed by atoms with Crippen LogP contribution in [0, 0.1) is 12.8 Å². The van der Waals surface area contributed by atoms with E-state index < -0.39 is 18.2 Å². The van der Waals surface area contributed by atoms with Crippen molar-refractivity contribution in [2.45, 2.75) is 45.4 Å². The Balaban J connectivity index is 1.55. The molecule has 4 aromatic heterocycles. The Morgan fingerprint density at radius 2 is 2.06 bits per heavy atom. The number of hydrogen-bond acceptors (Lipinski definition) is 5. The number of aryl methyl sites for hydroxylation is 1. The molecule has 0 aliphatic heterocycles. The van der Waals surface area contributed by atoms with Gasteiger partial charge in [0, 0.05) is 47.4 Å². The van der Waals surface area contributed by atoms with Crippen LogP contribution in [-0.4, -0.2) is 36.5 Å². The molecule has 1 amide bonds. The largest absolute Gasteiger partial charge is 0.387 e. The molecule has 1 fully saturated rings. The standard InChI is InChI=1S/C24H24FN5O2/c1-3-4-21(31)19-7-13(2)17(12-27-19)15-8-14-11-28-22(29-24(32)16-9-18(16)25)10-20(14)30-6-5-26-23(15)30/h5-8,10-12,16,18,21,31H,3-4,9H2,1-2H3,(H,28,29,32)/t16-,18+,21-/m0/s1. The molecule has 0 saturated heterocycles. The van der Waals surface area contributed by atoms with Crippen LogP contribution in [0.4, 0.5) is 10.2 Å². The number of fused-ring (bicyclic) bond motifs is 3. The molecule has 32 heavy (non-hydrogen) atoms. The molecule has 0 bridgehead atoms. The van der Waals surface area contributed by atoms with Crippen molar-refractivity contribution in [1.29, 1.82) is 0 Å². The van der Waals surface area contributed by atoms with E-state index in [1.54, 1.807) is 24.7 Å². The highest BCUT2D eigenvalue weighted by atomic mass is 19.1. The number of anilines is 1. The van der Waals surface area contributed by atoms with Gasteiger partial charge in [-0.2, -0.15) is 0 Å². The van der Waals surface area contributed by atoms with Crippen molar-refractivity contribution in [2.24, 2.45) is 5.92 Å². The van der Waals surface area contributed by atoms with Gasteiger partial charge in [0.05, 0.1) is 23.2 Å². The zero-order valence-corrected chi connectivity index (χ0v) is 17.9. The van der Waals surface area contributed by atoms with Gasteiger partial charge in [-0.1, -0.05) is 13.3 Å². The smallest absolute Gasteiger partial charge is 0.231 e. The van der Waals surface area contributed by atoms with Gasteiger partial charge in [-0.3, -0.25) is 14.2 Å². The predicted molar refractivity (Wildman–Crippen MR) is 120 cm³/mol. The number of alkyl halides is 1. The van der Waals surface area contributed by atoms with Crippen LogP contribution in [0.1, 0.15) is 43.5 Å². The number of rotatable bonds is 6. The number of amides is 1. The summed E-state index contributed by atoms with van der Waals surface area (Å²) in [6.45, 7) is 4.03. The number of aliphatic hydroxyl groups excluding tert-OH is 1. The number of carbonyl (C=O) groups excluding carboxylic acids is 1. The zero-order valence-electron chi connectivity index (χ0n) is 17.9. The lowest BCUT2D eigenvalue weighted by molar-refractivity contribution is -0.117. The van der Waals surface area contributed by atoms with E-state index >= 15 is 0 Å². The molecule has 5 rings (SSSR count). The fourth-order valence-corrected chi connectivity index (χ4v) is 4.08. The van der Waals surface area contributed by atoms with Crippen molar-refractivity contribution in [3.63, 3.8) is 0 Å². The molecule has 1 aliphatic rings. The van der Waals surface area contributed by atoms with Crippen molar-refractivity contribution in [3.8, 4) is 11.1 Å². The van der Waals surface area contributed by atoms with Crippen LogP contribution in [0.2, 0.25) is 0 Å². The molecule has 8 heteroatoms. The Bertz CT molecular complexity index is 1330. The van der Waals surface area contributed by atoms with E-state index in [9.17, 15) is 14.3 Å². The number of nitrogens with zero attached hydrogens (tertiary/aromatic N) is 4. The van der Waals surface area contributed by atoms with Gasteiger partial charge in [0.15, 0.2) is 0 Å². The first-order valence-corrected chi connectivity index (χ1v) is 10.8. The Morgan fingerprint density at radius 3 is 2.78 bits per heavy atom. The number of halogens is 1. The highest BCUT2D eigenvalue weighted by Crippen LogP contribution is 2.35. The minimum atomic E-state index is -1.05. The van der Waals surface area contributed by atoms with Gasteiger partial charge in [-0.15, -0.1) is 0 Å². The number of hydrogen-bond donors (Lipinski definition) is 2. The van der Waals surface area contributed by atoms with E-state index in [1.165, 1.54) is 0 Å². The number of pyridine rings is 3. The molecular formula is C24H24FN5O2. The van der Waals surface area contributed by atoms with Crippen LogP contribution in [0.25, 0.3) is 27.7 Å². The fourth-order valence-electron chi connectivity index (χ4n) is 4.08. The van der Waals surface area contributed by atoms with E-state index in [0.29, 0.717) is 17.9 Å². The quantitative estimate of drug-likeness (QED) is 0.471. The van der Waals surface area contributed by atoms with Crippen LogP contribution >= 0.6 is 0 Å². The lowest BCUT2D eigenvalue weighted by atomic mass is 10.00. The van der Waals surface area contributed by atoms with E-state index in [0.717, 1.165) is 39.7 Å². The Hall–Kier alpha value is -3.39. The predicted octanol–water partition coefficient (Wildman–Crippen LogP) is 4.38. The lowest BCUT2D eigenvalue weighted by Gasteiger charge is -2.14. The van der Waals surface area contributed by atoms with Crippen molar-refractivity contribution >= 4 is 28.3 Å². The third-order valence-corrected chi connectivity index (χ3v) is 5.98. The molecule has 0 unspecified atom stereocenters. The van der Waals surface area contributed by atoms with Crippen LogP contribution in [0.5, 0.6) is 0 Å². The molecule has 2 N–H and O–H groups in total. The summed E-state index contributed by atoms with van der Waals surface area (Å²) in [5.74, 6) is -0.524. The van der Waals surface area contributed by atoms with Crippen LogP contribution in [0.15, 0.2) is 43.0 Å². The van der Waals surface area contributed by atoms with Gasteiger partial charge < -0.3 is 10.4 Å². The van der Waals surface area contributed by atoms with E-state index in [4.69, 9.17) is 0 Å². The molecule has 3 atom stereocenters. The van der Waals surface area contributed by atoms with Crippen molar-refractivity contribution in [1.82, 2.24) is 19.4 Å². The summed E-state index contributed by atoms with van der Waals surface area (Å²) in [5.41, 5.74) is 5.08. The van der Waals surface area contributed by atoms with Gasteiger partial charge in [-0.05, 0) is 37.5 Å². The van der Waals surface area contributed by atoms with Crippen LogP contribution < -0.4 is 5.32 Å². The second-order valence-corrected chi connectivity index (χ2v) is 8.38. The maximum atomic E-state index is 13.2. The minimum Gasteiger partial charge on any atom is -0.387 e. The Morgan fingerprint density at radius 1 is 1.25 bits per heavy atom. The molecule has 4 aromatic rings. The van der Waals surface area contributed by atoms with Crippen molar-refractivity contribution in [3.05, 3.63) is 54.2 Å². The average molecular weight is 433 g/mol. The molecular weight excluding hydrogens is 409 g/mol. The van der Waals surface area contributed by atoms with Gasteiger partial charge in [0.2, 0.25) is 5.91 Å². The van der Waals surface area contributed by atoms with E-state index in [1.807, 2.05) is 36.6 Å². The second kappa shape index (κ2) is 7.94. The van der Waals surface area contributed by atoms with E-state index in [2.05, 4.69) is 20.3 Å². The Labute approximate surface area is 184 Å². The molecule has 1 saturated carbocycles. The van der Waals surface area contributed by atoms with Crippen LogP contribution in [-0.2, 0) is 4.79 Å². The summed E-state index contributed by atoms with van der Waals surface area (Å²) in [4.78, 5) is 25.5. The van der Waals surface area contributed by atoms with Crippen LogP contribution in [0.3, 0.4) is 0 Å². The highest BCUT2D eigenvalue weighted by Gasteiger charge is 2.43. The van der Waals surface area contributed by atoms with Gasteiger partial charge in [0.25, 0.3) is 0 Å². The summed E-state index contributed by atoms with van der Waals surface area (Å²) in [6.07, 6.45) is 7.25. The second-order valence-electron chi connectivity index (χ2n) is 8.38. The average Bonchev–Trinajstić information content (AvgIpc) is 3.30. The Kier molecular flexibility index (Phi) is 5.09. The number of carbonyl (C=O) groups is 1. The lowest BCUT2D eigenvalue weighted by Crippen LogP contribution is -2.16. The molecule has 164 valence electrons. The van der Waals surface area contributed by atoms with E-state index in [-0.39, 0.29) is 12.3 Å². The number of imidazole rings is 1. The molecule has 0 radical (unpaired) electrons. The summed E-state index contributed by atoms with van der Waals surface area (Å²) < 4.78 is 15.1. The summed E-state index contributed by atoms with van der Waals surface area (Å²) in [6, 6.07) is 5.70. The monoisotopic (exact) mass is 433 g/mol. The first kappa shape index (κ1) is 20.5. The molecule has 0 spiro atoms. The number of aliphatic hydroxyl groups is 1. The minimum absolute atomic E-state index is 0.274. The first-order valence-electron chi connectivity index (χ1n) is 10.8. The third kappa shape index (κ3) is 3.60. The normalized spacial score (nSPS) is 18.8. The van der Waals surface area contributed by atoms with Crippen molar-refractivity contribution in [2.75, 3.05) is 5.32 Å². The third-order valence-electron chi connectivity index (χ3n) is 5.98. The first-order chi connectivity index (χ1) is 15.5. The summed E-state index contributed by atoms with van der Waals surface area (Å²) in [5, 5.41) is 13.9. The number of aromatic nitrogens is 4. The van der Waals surface area contributed by atoms with Crippen molar-refractivity contribution < 1.29 is 14.3 Å². The summed E-state index contributed by atoms with van der Waals surface area (Å²) in [7, 11) is 0. The molecule has 1 aliphatic carbocycles. The highest BCUT2D eigenvalue weighted by molar-refractivity contribution is 5.97. The topological polar surface area (TPSA) is 92.4 Å². The number of nitrogens with one attached hydrogen (secondary N) is 1. The maximum absolute atomic E-state index is 13.2. The SMILES string of the molecule is CCC[C@H](O)c1cc(C)c(-c2cc3cnc(NC(=O)[C@H]4C[C@H]4F)cc3n3ccnc23)cn1.